The Morgan fingerprint density at radius 3 is 2.03 bits per heavy atom. The average Bonchev–Trinajstić information content (AvgIpc) is 2.88. The Hall–Kier alpha value is -3.89. The van der Waals surface area contributed by atoms with Gasteiger partial charge in [-0.15, -0.1) is 0 Å². The van der Waals surface area contributed by atoms with Gasteiger partial charge in [-0.2, -0.15) is 9.41 Å². The molecular weight excluding hydrogens is 470 g/mol. The highest BCUT2D eigenvalue weighted by Gasteiger charge is 2.26. The van der Waals surface area contributed by atoms with Crippen LogP contribution in [0.3, 0.4) is 0 Å². The molecule has 1 amide bonds. The lowest BCUT2D eigenvalue weighted by molar-refractivity contribution is -0.121. The Morgan fingerprint density at radius 1 is 0.914 bits per heavy atom. The molecule has 0 aliphatic heterocycles. The number of amides is 1. The van der Waals surface area contributed by atoms with Gasteiger partial charge >= 0.3 is 0 Å². The lowest BCUT2D eigenvalue weighted by Gasteiger charge is -2.21. The summed E-state index contributed by atoms with van der Waals surface area (Å²) in [6.45, 7) is -0.388. The topological polar surface area (TPSA) is 107 Å². The third-order valence-electron chi connectivity index (χ3n) is 4.99. The van der Waals surface area contributed by atoms with Crippen LogP contribution >= 0.6 is 0 Å². The highest BCUT2D eigenvalue weighted by Crippen LogP contribution is 2.37. The molecule has 1 N–H and O–H groups in total. The fraction of sp³-hybridized carbons (Fsp3) is 0.200. The van der Waals surface area contributed by atoms with Gasteiger partial charge in [-0.3, -0.25) is 4.79 Å². The zero-order chi connectivity index (χ0) is 25.3. The zero-order valence-corrected chi connectivity index (χ0v) is 20.5. The van der Waals surface area contributed by atoms with E-state index in [1.54, 1.807) is 42.5 Å². The van der Waals surface area contributed by atoms with Crippen molar-refractivity contribution >= 4 is 22.1 Å². The first kappa shape index (κ1) is 25.7. The molecule has 0 aliphatic carbocycles. The molecule has 0 saturated carbocycles. The van der Waals surface area contributed by atoms with E-state index in [2.05, 4.69) is 10.5 Å². The van der Waals surface area contributed by atoms with Gasteiger partial charge in [-0.1, -0.05) is 48.5 Å². The van der Waals surface area contributed by atoms with Gasteiger partial charge in [-0.25, -0.2) is 13.8 Å². The van der Waals surface area contributed by atoms with Crippen LogP contribution in [-0.4, -0.2) is 52.7 Å². The number of sulfonamides is 1. The van der Waals surface area contributed by atoms with E-state index in [1.807, 2.05) is 18.2 Å². The van der Waals surface area contributed by atoms with Gasteiger partial charge in [0.1, 0.15) is 0 Å². The molecule has 0 radical (unpaired) electrons. The Morgan fingerprint density at radius 2 is 1.49 bits per heavy atom. The van der Waals surface area contributed by atoms with Crippen LogP contribution in [0.25, 0.3) is 0 Å². The van der Waals surface area contributed by atoms with Gasteiger partial charge in [0.2, 0.25) is 15.8 Å². The van der Waals surface area contributed by atoms with E-state index >= 15 is 0 Å². The van der Waals surface area contributed by atoms with Gasteiger partial charge < -0.3 is 14.2 Å². The molecule has 9 nitrogen and oxygen atoms in total. The Bertz CT molecular complexity index is 1240. The number of ether oxygens (including phenoxy) is 3. The molecule has 0 bridgehead atoms. The van der Waals surface area contributed by atoms with Crippen molar-refractivity contribution in [2.24, 2.45) is 5.10 Å². The minimum absolute atomic E-state index is 0.0298. The van der Waals surface area contributed by atoms with E-state index < -0.39 is 22.5 Å². The second kappa shape index (κ2) is 12.0. The van der Waals surface area contributed by atoms with Crippen LogP contribution in [0.2, 0.25) is 0 Å². The van der Waals surface area contributed by atoms with Crippen LogP contribution in [0.4, 0.5) is 0 Å². The Balaban J connectivity index is 1.77. The van der Waals surface area contributed by atoms with Crippen molar-refractivity contribution in [2.45, 2.75) is 11.4 Å². The number of carbonyl (C=O) groups is 1. The lowest BCUT2D eigenvalue weighted by atomic mass is 10.2. The number of nitrogens with zero attached hydrogens (tertiary/aromatic N) is 2. The largest absolute Gasteiger partial charge is 0.493 e. The maximum absolute atomic E-state index is 13.2. The van der Waals surface area contributed by atoms with Crippen molar-refractivity contribution in [3.63, 3.8) is 0 Å². The lowest BCUT2D eigenvalue weighted by Crippen LogP contribution is -2.39. The van der Waals surface area contributed by atoms with E-state index in [9.17, 15) is 13.2 Å². The number of hydrogen-bond acceptors (Lipinski definition) is 7. The molecule has 0 aromatic heterocycles. The molecule has 0 aliphatic rings. The maximum Gasteiger partial charge on any atom is 0.255 e. The second-order valence-electron chi connectivity index (χ2n) is 7.32. The number of carbonyl (C=O) groups excluding carboxylic acids is 1. The predicted molar refractivity (Wildman–Crippen MR) is 132 cm³/mol. The normalized spacial score (nSPS) is 11.4. The first-order chi connectivity index (χ1) is 16.9. The van der Waals surface area contributed by atoms with E-state index in [0.717, 1.165) is 9.87 Å². The molecule has 10 heteroatoms. The Labute approximate surface area is 205 Å². The molecule has 35 heavy (non-hydrogen) atoms. The summed E-state index contributed by atoms with van der Waals surface area (Å²) in [6.07, 6.45) is 1.40. The molecule has 0 unspecified atom stereocenters. The molecule has 184 valence electrons. The van der Waals surface area contributed by atoms with E-state index in [0.29, 0.717) is 22.8 Å². The fourth-order valence-electron chi connectivity index (χ4n) is 3.30. The van der Waals surface area contributed by atoms with Crippen molar-refractivity contribution in [1.82, 2.24) is 9.73 Å². The average molecular weight is 498 g/mol. The van der Waals surface area contributed by atoms with Crippen LogP contribution in [0, 0.1) is 0 Å². The smallest absolute Gasteiger partial charge is 0.255 e. The quantitative estimate of drug-likeness (QED) is 0.322. The van der Waals surface area contributed by atoms with Crippen molar-refractivity contribution in [3.05, 3.63) is 83.9 Å². The summed E-state index contributed by atoms with van der Waals surface area (Å²) in [6, 6.07) is 20.4. The van der Waals surface area contributed by atoms with Crippen molar-refractivity contribution in [2.75, 3.05) is 27.9 Å². The van der Waals surface area contributed by atoms with Gasteiger partial charge in [0.25, 0.3) is 5.91 Å². The number of methoxy groups -OCH3 is 3. The SMILES string of the molecule is COc1cc(/C=N/NC(=O)CN(Cc2ccccc2)S(=O)(=O)c2ccccc2)cc(OC)c1OC. The first-order valence-electron chi connectivity index (χ1n) is 10.6. The molecular formula is C25H27N3O6S. The molecule has 3 rings (SSSR count). The minimum Gasteiger partial charge on any atom is -0.493 e. The van der Waals surface area contributed by atoms with E-state index in [-0.39, 0.29) is 11.4 Å². The maximum atomic E-state index is 13.2. The summed E-state index contributed by atoms with van der Waals surface area (Å²) in [5.74, 6) is 0.702. The molecule has 3 aromatic rings. The predicted octanol–water partition coefficient (Wildman–Crippen LogP) is 3.05. The summed E-state index contributed by atoms with van der Waals surface area (Å²) in [5.41, 5.74) is 3.72. The fourth-order valence-corrected chi connectivity index (χ4v) is 4.71. The molecule has 3 aromatic carbocycles. The molecule has 0 atom stereocenters. The van der Waals surface area contributed by atoms with Crippen LogP contribution in [0.15, 0.2) is 82.8 Å². The van der Waals surface area contributed by atoms with Gasteiger partial charge in [-0.05, 0) is 29.8 Å². The van der Waals surface area contributed by atoms with Crippen LogP contribution < -0.4 is 19.6 Å². The number of rotatable bonds is 11. The zero-order valence-electron chi connectivity index (χ0n) is 19.7. The highest BCUT2D eigenvalue weighted by atomic mass is 32.2. The highest BCUT2D eigenvalue weighted by molar-refractivity contribution is 7.89. The summed E-state index contributed by atoms with van der Waals surface area (Å²) < 4.78 is 43.5. The molecule has 0 fully saturated rings. The monoisotopic (exact) mass is 497 g/mol. The third kappa shape index (κ3) is 6.58. The van der Waals surface area contributed by atoms with E-state index in [4.69, 9.17) is 14.2 Å². The number of hydrazone groups is 1. The minimum atomic E-state index is -3.92. The van der Waals surface area contributed by atoms with Gasteiger partial charge in [0, 0.05) is 12.1 Å². The van der Waals surface area contributed by atoms with Crippen molar-refractivity contribution in [3.8, 4) is 17.2 Å². The molecule has 0 heterocycles. The number of hydrogen-bond donors (Lipinski definition) is 1. The summed E-state index contributed by atoms with van der Waals surface area (Å²) in [4.78, 5) is 12.8. The molecule has 0 spiro atoms. The van der Waals surface area contributed by atoms with Crippen LogP contribution in [0.5, 0.6) is 17.2 Å². The number of nitrogens with one attached hydrogen (secondary N) is 1. The van der Waals surface area contributed by atoms with Gasteiger partial charge in [0.05, 0.1) is 39.0 Å². The van der Waals surface area contributed by atoms with Gasteiger partial charge in [0.15, 0.2) is 11.5 Å². The van der Waals surface area contributed by atoms with Crippen molar-refractivity contribution in [1.29, 1.82) is 0 Å². The number of benzene rings is 3. The summed E-state index contributed by atoms with van der Waals surface area (Å²) in [5, 5.41) is 3.96. The standard InChI is InChI=1S/C25H27N3O6S/c1-32-22-14-20(15-23(33-2)25(22)34-3)16-26-27-24(29)18-28(17-19-10-6-4-7-11-19)35(30,31)21-12-8-5-9-13-21/h4-16H,17-18H2,1-3H3,(H,27,29)/b26-16+. The second-order valence-corrected chi connectivity index (χ2v) is 9.26. The summed E-state index contributed by atoms with van der Waals surface area (Å²) >= 11 is 0. The third-order valence-corrected chi connectivity index (χ3v) is 6.80. The van der Waals surface area contributed by atoms with Crippen LogP contribution in [0.1, 0.15) is 11.1 Å². The Kier molecular flexibility index (Phi) is 8.82. The first-order valence-corrected chi connectivity index (χ1v) is 12.0. The van der Waals surface area contributed by atoms with Crippen LogP contribution in [-0.2, 0) is 21.4 Å². The van der Waals surface area contributed by atoms with E-state index in [1.165, 1.54) is 39.7 Å². The van der Waals surface area contributed by atoms with Crippen molar-refractivity contribution < 1.29 is 27.4 Å². The summed E-state index contributed by atoms with van der Waals surface area (Å²) in [7, 11) is 0.565. The molecule has 0 saturated heterocycles.